The number of aromatic hydroxyl groups is 1. The van der Waals surface area contributed by atoms with E-state index in [1.54, 1.807) is 18.2 Å². The maximum Gasteiger partial charge on any atom is 0.246 e. The summed E-state index contributed by atoms with van der Waals surface area (Å²) in [6.07, 6.45) is 0. The molecular weight excluding hydrogens is 302 g/mol. The van der Waals surface area contributed by atoms with Crippen LogP contribution in [0.5, 0.6) is 5.75 Å². The lowest BCUT2D eigenvalue weighted by atomic mass is 9.98. The third-order valence-electron chi connectivity index (χ3n) is 3.30. The number of aliphatic imine (C=N–C) groups is 1. The van der Waals surface area contributed by atoms with Crippen molar-refractivity contribution in [3.63, 3.8) is 0 Å². The molecule has 0 unspecified atom stereocenters. The highest BCUT2D eigenvalue weighted by molar-refractivity contribution is 6.36. The molecule has 0 bridgehead atoms. The van der Waals surface area contributed by atoms with Gasteiger partial charge in [0.05, 0.1) is 17.0 Å². The molecule has 1 amide bonds. The first-order valence-electron chi connectivity index (χ1n) is 6.47. The van der Waals surface area contributed by atoms with E-state index in [4.69, 9.17) is 16.9 Å². The lowest BCUT2D eigenvalue weighted by Crippen LogP contribution is -2.13. The van der Waals surface area contributed by atoms with E-state index in [-0.39, 0.29) is 23.8 Å². The Hall–Kier alpha value is -2.84. The summed E-state index contributed by atoms with van der Waals surface area (Å²) in [5, 5.41) is 22.1. The second kappa shape index (κ2) is 5.51. The number of benzene rings is 2. The molecule has 2 aromatic carbocycles. The summed E-state index contributed by atoms with van der Waals surface area (Å²) in [6, 6.07) is 11.9. The largest absolute Gasteiger partial charge is 0.506 e. The molecule has 5 nitrogen and oxygen atoms in total. The fourth-order valence-corrected chi connectivity index (χ4v) is 2.51. The highest BCUT2D eigenvalue weighted by atomic mass is 35.5. The summed E-state index contributed by atoms with van der Waals surface area (Å²) in [7, 11) is 0. The van der Waals surface area contributed by atoms with Gasteiger partial charge in [0.25, 0.3) is 0 Å². The molecule has 0 spiro atoms. The van der Waals surface area contributed by atoms with E-state index in [0.29, 0.717) is 27.5 Å². The molecule has 0 radical (unpaired) electrons. The second-order valence-electron chi connectivity index (χ2n) is 4.72. The zero-order chi connectivity index (χ0) is 15.7. The molecule has 6 heteroatoms. The molecule has 2 aromatic rings. The molecule has 0 atom stereocenters. The van der Waals surface area contributed by atoms with Crippen molar-refractivity contribution in [2.45, 2.75) is 0 Å². The third-order valence-corrected chi connectivity index (χ3v) is 3.62. The van der Waals surface area contributed by atoms with Crippen molar-refractivity contribution in [2.24, 2.45) is 4.99 Å². The number of rotatable bonds is 1. The Morgan fingerprint density at radius 3 is 2.77 bits per heavy atom. The summed E-state index contributed by atoms with van der Waals surface area (Å²) in [4.78, 5) is 16.1. The number of phenolic OH excluding ortho intramolecular Hbond substituents is 1. The maximum absolute atomic E-state index is 11.8. The molecular formula is C16H10ClN3O2. The predicted molar refractivity (Wildman–Crippen MR) is 83.4 cm³/mol. The Morgan fingerprint density at radius 1 is 1.27 bits per heavy atom. The minimum absolute atomic E-state index is 0.0577. The first-order chi connectivity index (χ1) is 10.6. The number of nitriles is 1. The van der Waals surface area contributed by atoms with Gasteiger partial charge in [0, 0.05) is 22.2 Å². The summed E-state index contributed by atoms with van der Waals surface area (Å²) >= 11 is 6.22. The average molecular weight is 312 g/mol. The van der Waals surface area contributed by atoms with Gasteiger partial charge in [0.2, 0.25) is 5.91 Å². The molecule has 0 aromatic heterocycles. The number of amides is 1. The van der Waals surface area contributed by atoms with Crippen LogP contribution in [0.25, 0.3) is 0 Å². The van der Waals surface area contributed by atoms with Crippen LogP contribution >= 0.6 is 11.6 Å². The number of hydrogen-bond acceptors (Lipinski definition) is 4. The highest BCUT2D eigenvalue weighted by Crippen LogP contribution is 2.31. The smallest absolute Gasteiger partial charge is 0.246 e. The predicted octanol–water partition coefficient (Wildman–Crippen LogP) is 2.71. The topological polar surface area (TPSA) is 85.5 Å². The molecule has 1 aliphatic heterocycles. The van der Waals surface area contributed by atoms with E-state index in [9.17, 15) is 9.90 Å². The molecule has 3 rings (SSSR count). The number of hydrogen-bond donors (Lipinski definition) is 2. The summed E-state index contributed by atoms with van der Waals surface area (Å²) in [5.41, 5.74) is 2.23. The molecule has 108 valence electrons. The van der Waals surface area contributed by atoms with Crippen LogP contribution in [-0.2, 0) is 4.79 Å². The van der Waals surface area contributed by atoms with Gasteiger partial charge in [-0.3, -0.25) is 9.79 Å². The van der Waals surface area contributed by atoms with Crippen LogP contribution in [0.2, 0.25) is 5.02 Å². The minimum Gasteiger partial charge on any atom is -0.506 e. The van der Waals surface area contributed by atoms with Gasteiger partial charge in [-0.15, -0.1) is 0 Å². The number of carbonyl (C=O) groups is 1. The van der Waals surface area contributed by atoms with Crippen molar-refractivity contribution in [1.29, 1.82) is 5.26 Å². The Morgan fingerprint density at radius 2 is 2.05 bits per heavy atom. The number of fused-ring (bicyclic) bond motifs is 1. The SMILES string of the molecule is N#Cc1cc2c(cc1O)NC(=O)CN=C2c1ccccc1Cl. The zero-order valence-electron chi connectivity index (χ0n) is 11.3. The molecule has 0 saturated heterocycles. The first-order valence-corrected chi connectivity index (χ1v) is 6.84. The molecule has 0 aliphatic carbocycles. The van der Waals surface area contributed by atoms with Crippen molar-refractivity contribution >= 4 is 28.9 Å². The molecule has 0 saturated carbocycles. The van der Waals surface area contributed by atoms with Crippen LogP contribution in [-0.4, -0.2) is 23.3 Å². The van der Waals surface area contributed by atoms with Gasteiger partial charge >= 0.3 is 0 Å². The van der Waals surface area contributed by atoms with Gasteiger partial charge in [-0.1, -0.05) is 29.8 Å². The van der Waals surface area contributed by atoms with Crippen molar-refractivity contribution in [2.75, 3.05) is 11.9 Å². The lowest BCUT2D eigenvalue weighted by molar-refractivity contribution is -0.114. The zero-order valence-corrected chi connectivity index (χ0v) is 12.1. The lowest BCUT2D eigenvalue weighted by Gasteiger charge is -2.12. The summed E-state index contributed by atoms with van der Waals surface area (Å²) in [5.74, 6) is -0.491. The van der Waals surface area contributed by atoms with Gasteiger partial charge in [-0.2, -0.15) is 5.26 Å². The average Bonchev–Trinajstić information content (AvgIpc) is 2.65. The van der Waals surface area contributed by atoms with Crippen molar-refractivity contribution in [1.82, 2.24) is 0 Å². The van der Waals surface area contributed by atoms with Crippen LogP contribution in [0.1, 0.15) is 16.7 Å². The van der Waals surface area contributed by atoms with E-state index in [0.717, 1.165) is 0 Å². The van der Waals surface area contributed by atoms with Crippen LogP contribution in [0.3, 0.4) is 0 Å². The summed E-state index contributed by atoms with van der Waals surface area (Å²) < 4.78 is 0. The molecule has 1 heterocycles. The fourth-order valence-electron chi connectivity index (χ4n) is 2.29. The maximum atomic E-state index is 11.8. The van der Waals surface area contributed by atoms with E-state index in [1.165, 1.54) is 12.1 Å². The molecule has 2 N–H and O–H groups in total. The number of phenols is 1. The van der Waals surface area contributed by atoms with E-state index >= 15 is 0 Å². The molecule has 0 fully saturated rings. The van der Waals surface area contributed by atoms with E-state index < -0.39 is 0 Å². The second-order valence-corrected chi connectivity index (χ2v) is 5.13. The van der Waals surface area contributed by atoms with E-state index in [2.05, 4.69) is 10.3 Å². The first kappa shape index (κ1) is 14.1. The number of nitrogens with one attached hydrogen (secondary N) is 1. The minimum atomic E-state index is -0.299. The van der Waals surface area contributed by atoms with E-state index in [1.807, 2.05) is 12.1 Å². The Bertz CT molecular complexity index is 853. The molecule has 1 aliphatic rings. The summed E-state index contributed by atoms with van der Waals surface area (Å²) in [6.45, 7) is -0.0577. The number of nitrogens with zero attached hydrogens (tertiary/aromatic N) is 2. The van der Waals surface area contributed by atoms with Gasteiger partial charge in [-0.25, -0.2) is 0 Å². The van der Waals surface area contributed by atoms with Crippen molar-refractivity contribution < 1.29 is 9.90 Å². The van der Waals surface area contributed by atoms with Gasteiger partial charge in [0.1, 0.15) is 18.4 Å². The Labute approximate surface area is 131 Å². The number of halogens is 1. The monoisotopic (exact) mass is 311 g/mol. The normalized spacial score (nSPS) is 13.5. The number of carbonyl (C=O) groups excluding carboxylic acids is 1. The van der Waals surface area contributed by atoms with Crippen molar-refractivity contribution in [3.8, 4) is 11.8 Å². The number of anilines is 1. The fraction of sp³-hybridized carbons (Fsp3) is 0.0625. The van der Waals surface area contributed by atoms with Crippen LogP contribution in [0.15, 0.2) is 41.4 Å². The highest BCUT2D eigenvalue weighted by Gasteiger charge is 2.21. The Balaban J connectivity index is 2.27. The Kier molecular flexibility index (Phi) is 3.53. The van der Waals surface area contributed by atoms with Crippen LogP contribution in [0, 0.1) is 11.3 Å². The molecule has 22 heavy (non-hydrogen) atoms. The third kappa shape index (κ3) is 2.41. The van der Waals surface area contributed by atoms with Crippen LogP contribution < -0.4 is 5.32 Å². The quantitative estimate of drug-likeness (QED) is 0.849. The van der Waals surface area contributed by atoms with Gasteiger partial charge in [0.15, 0.2) is 0 Å². The van der Waals surface area contributed by atoms with Gasteiger partial charge in [-0.05, 0) is 12.1 Å². The van der Waals surface area contributed by atoms with Gasteiger partial charge < -0.3 is 10.4 Å². The van der Waals surface area contributed by atoms with Crippen molar-refractivity contribution in [3.05, 3.63) is 58.1 Å². The number of benzodiazepines with no additional fused rings is 1. The standard InChI is InChI=1S/C16H10ClN3O2/c17-12-4-2-1-3-10(12)16-11-5-9(7-18)14(21)6-13(11)20-15(22)8-19-16/h1-6,21H,8H2,(H,20,22). The van der Waals surface area contributed by atoms with Crippen LogP contribution in [0.4, 0.5) is 5.69 Å².